The zero-order chi connectivity index (χ0) is 40.3. The molecule has 0 bridgehead atoms. The number of phosphoric ester groups is 1. The summed E-state index contributed by atoms with van der Waals surface area (Å²) in [6, 6.07) is 0. The van der Waals surface area contributed by atoms with E-state index >= 15 is 0 Å². The van der Waals surface area contributed by atoms with Gasteiger partial charge in [-0.15, -0.1) is 0 Å². The number of ether oxygens (including phenoxy) is 2. The number of nitrogens with zero attached hydrogens (tertiary/aromatic N) is 1. The number of unbranched alkanes of at least 4 members (excludes halogenated alkanes) is 19. The van der Waals surface area contributed by atoms with Gasteiger partial charge in [-0.3, -0.25) is 9.36 Å². The fourth-order valence-electron chi connectivity index (χ4n) is 6.01. The Labute approximate surface area is 330 Å². The minimum Gasteiger partial charge on any atom is -0.756 e. The molecule has 0 fully saturated rings. The summed E-state index contributed by atoms with van der Waals surface area (Å²) in [4.78, 5) is 25.0. The first-order valence-corrected chi connectivity index (χ1v) is 23.2. The molecule has 0 aliphatic heterocycles. The van der Waals surface area contributed by atoms with Crippen LogP contribution in [0.4, 0.5) is 0 Å². The number of esters is 1. The Morgan fingerprint density at radius 1 is 0.648 bits per heavy atom. The van der Waals surface area contributed by atoms with Gasteiger partial charge in [-0.2, -0.15) is 0 Å². The lowest BCUT2D eigenvalue weighted by Crippen LogP contribution is -2.37. The molecule has 0 heterocycles. The summed E-state index contributed by atoms with van der Waals surface area (Å²) >= 11 is 0. The second-order valence-corrected chi connectivity index (χ2v) is 17.6. The molecule has 0 rings (SSSR count). The molecule has 0 aromatic heterocycles. The molecular formula is C42H84NO10P. The van der Waals surface area contributed by atoms with E-state index in [0.29, 0.717) is 36.9 Å². The molecule has 0 aliphatic carbocycles. The van der Waals surface area contributed by atoms with E-state index in [4.69, 9.17) is 18.5 Å². The lowest BCUT2D eigenvalue weighted by molar-refractivity contribution is -0.870. The van der Waals surface area contributed by atoms with E-state index < -0.39 is 38.2 Å². The Morgan fingerprint density at radius 2 is 1.15 bits per heavy atom. The number of aliphatic hydroxyl groups is 3. The molecule has 0 aromatic carbocycles. The van der Waals surface area contributed by atoms with Crippen molar-refractivity contribution in [3.05, 3.63) is 12.2 Å². The largest absolute Gasteiger partial charge is 0.756 e. The first kappa shape index (κ1) is 53.1. The molecule has 54 heavy (non-hydrogen) atoms. The third-order valence-electron chi connectivity index (χ3n) is 9.58. The van der Waals surface area contributed by atoms with Crippen LogP contribution in [0.3, 0.4) is 0 Å². The Hall–Kier alpha value is -0.880. The number of carbonyl (C=O) groups excluding carboxylic acids is 1. The smallest absolute Gasteiger partial charge is 0.306 e. The normalized spacial score (nSPS) is 15.6. The number of hydrogen-bond acceptors (Lipinski definition) is 10. The summed E-state index contributed by atoms with van der Waals surface area (Å²) < 4.78 is 34.4. The molecular weight excluding hydrogens is 709 g/mol. The molecule has 5 atom stereocenters. The molecule has 0 aromatic rings. The van der Waals surface area contributed by atoms with Crippen LogP contribution in [0.2, 0.25) is 0 Å². The van der Waals surface area contributed by atoms with E-state index in [9.17, 15) is 29.6 Å². The number of rotatable bonds is 40. The predicted molar refractivity (Wildman–Crippen MR) is 217 cm³/mol. The van der Waals surface area contributed by atoms with Crippen LogP contribution in [0, 0.1) is 0 Å². The van der Waals surface area contributed by atoms with Crippen molar-refractivity contribution in [2.75, 3.05) is 54.1 Å². The average molecular weight is 794 g/mol. The molecule has 5 unspecified atom stereocenters. The second kappa shape index (κ2) is 35.3. The van der Waals surface area contributed by atoms with Gasteiger partial charge >= 0.3 is 5.97 Å². The molecule has 3 N–H and O–H groups in total. The Morgan fingerprint density at radius 3 is 1.72 bits per heavy atom. The van der Waals surface area contributed by atoms with Gasteiger partial charge in [-0.05, 0) is 25.7 Å². The van der Waals surface area contributed by atoms with Crippen LogP contribution in [0.5, 0.6) is 0 Å². The molecule has 0 saturated heterocycles. The second-order valence-electron chi connectivity index (χ2n) is 16.2. The highest BCUT2D eigenvalue weighted by Crippen LogP contribution is 2.38. The predicted octanol–water partition coefficient (Wildman–Crippen LogP) is 8.55. The van der Waals surface area contributed by atoms with Crippen molar-refractivity contribution in [2.45, 2.75) is 199 Å². The van der Waals surface area contributed by atoms with Crippen LogP contribution in [0.25, 0.3) is 0 Å². The molecule has 322 valence electrons. The third kappa shape index (κ3) is 36.7. The quantitative estimate of drug-likeness (QED) is 0.0181. The van der Waals surface area contributed by atoms with Gasteiger partial charge in [0.1, 0.15) is 19.3 Å². The average Bonchev–Trinajstić information content (AvgIpc) is 3.11. The Bertz CT molecular complexity index is 931. The van der Waals surface area contributed by atoms with Crippen molar-refractivity contribution in [2.24, 2.45) is 0 Å². The summed E-state index contributed by atoms with van der Waals surface area (Å²) in [6.45, 7) is 5.02. The molecule has 0 saturated carbocycles. The van der Waals surface area contributed by atoms with Gasteiger partial charge in [0.25, 0.3) is 7.82 Å². The monoisotopic (exact) mass is 794 g/mol. The van der Waals surface area contributed by atoms with E-state index in [1.807, 2.05) is 21.1 Å². The van der Waals surface area contributed by atoms with Crippen molar-refractivity contribution in [1.82, 2.24) is 0 Å². The van der Waals surface area contributed by atoms with Crippen LogP contribution in [0.1, 0.15) is 174 Å². The topological polar surface area (TPSA) is 155 Å². The van der Waals surface area contributed by atoms with Crippen LogP contribution in [-0.2, 0) is 27.9 Å². The lowest BCUT2D eigenvalue weighted by Gasteiger charge is -2.28. The van der Waals surface area contributed by atoms with Crippen molar-refractivity contribution in [1.29, 1.82) is 0 Å². The molecule has 11 nitrogen and oxygen atoms in total. The summed E-state index contributed by atoms with van der Waals surface area (Å²) in [6.07, 6.45) is 25.7. The van der Waals surface area contributed by atoms with Crippen molar-refractivity contribution in [3.8, 4) is 0 Å². The maximum Gasteiger partial charge on any atom is 0.306 e. The highest BCUT2D eigenvalue weighted by molar-refractivity contribution is 7.45. The molecule has 0 radical (unpaired) electrons. The highest BCUT2D eigenvalue weighted by Gasteiger charge is 2.20. The van der Waals surface area contributed by atoms with Crippen molar-refractivity contribution < 1.29 is 52.6 Å². The van der Waals surface area contributed by atoms with E-state index in [2.05, 4.69) is 13.8 Å². The zero-order valence-electron chi connectivity index (χ0n) is 35.3. The van der Waals surface area contributed by atoms with Crippen LogP contribution >= 0.6 is 7.82 Å². The summed E-state index contributed by atoms with van der Waals surface area (Å²) in [5, 5.41) is 30.3. The molecule has 12 heteroatoms. The summed E-state index contributed by atoms with van der Waals surface area (Å²) in [5.74, 6) is -0.425. The number of phosphoric acid groups is 1. The number of hydrogen-bond donors (Lipinski definition) is 3. The van der Waals surface area contributed by atoms with E-state index in [-0.39, 0.29) is 26.2 Å². The summed E-state index contributed by atoms with van der Waals surface area (Å²) in [5.41, 5.74) is 0. The van der Waals surface area contributed by atoms with Crippen molar-refractivity contribution >= 4 is 13.8 Å². The van der Waals surface area contributed by atoms with Gasteiger partial charge in [0.15, 0.2) is 0 Å². The van der Waals surface area contributed by atoms with Crippen molar-refractivity contribution in [3.63, 3.8) is 0 Å². The van der Waals surface area contributed by atoms with Gasteiger partial charge in [0, 0.05) is 13.0 Å². The number of aliphatic hydroxyl groups excluding tert-OH is 3. The molecule has 0 amide bonds. The minimum absolute atomic E-state index is 0.00747. The van der Waals surface area contributed by atoms with Gasteiger partial charge in [0.2, 0.25) is 0 Å². The molecule has 0 spiro atoms. The van der Waals surface area contributed by atoms with Gasteiger partial charge in [-0.1, -0.05) is 154 Å². The number of quaternary nitrogens is 1. The van der Waals surface area contributed by atoms with E-state index in [1.165, 1.54) is 76.7 Å². The minimum atomic E-state index is -4.57. The maximum atomic E-state index is 12.7. The SMILES string of the molecule is CCCCCCCCCCCCCCCCOCC(COP(=O)([O-])OCC[N+](C)(C)C)OC(=O)CCCCCCCC(O)/C=C/C(O)C(O)CCCCC. The van der Waals surface area contributed by atoms with E-state index in [1.54, 1.807) is 6.08 Å². The molecule has 0 aliphatic rings. The fraction of sp³-hybridized carbons (Fsp3) is 0.929. The Balaban J connectivity index is 4.40. The first-order chi connectivity index (χ1) is 25.8. The first-order valence-electron chi connectivity index (χ1n) is 21.7. The van der Waals surface area contributed by atoms with E-state index in [0.717, 1.165) is 64.2 Å². The van der Waals surface area contributed by atoms with Crippen LogP contribution in [0.15, 0.2) is 12.2 Å². The summed E-state index contributed by atoms with van der Waals surface area (Å²) in [7, 11) is 1.24. The Kier molecular flexibility index (Phi) is 34.7. The van der Waals surface area contributed by atoms with Crippen LogP contribution in [-0.4, -0.2) is 104 Å². The van der Waals surface area contributed by atoms with Crippen LogP contribution < -0.4 is 4.89 Å². The maximum absolute atomic E-state index is 12.7. The lowest BCUT2D eigenvalue weighted by atomic mass is 10.0. The zero-order valence-corrected chi connectivity index (χ0v) is 36.2. The van der Waals surface area contributed by atoms with Gasteiger partial charge in [0.05, 0.1) is 52.7 Å². The fourth-order valence-corrected chi connectivity index (χ4v) is 6.74. The number of likely N-dealkylation sites (N-methyl/N-ethyl adjacent to an activating group) is 1. The highest BCUT2D eigenvalue weighted by atomic mass is 31.2. The number of carbonyl (C=O) groups is 1. The van der Waals surface area contributed by atoms with Gasteiger partial charge in [-0.25, -0.2) is 0 Å². The standard InChI is InChI=1S/C42H84NO10P/c1-6-8-10-11-12-13-14-15-16-17-18-19-23-27-34-50-36-39(37-52-54(48,49)51-35-33-43(3,4)5)53-42(47)30-26-22-20-21-25-28-38(44)31-32-41(46)40(45)29-24-9-7-2/h31-32,38-41,44-46H,6-30,33-37H2,1-5H3/b32-31+. The van der Waals surface area contributed by atoms with Gasteiger partial charge < -0.3 is 43.2 Å². The third-order valence-corrected chi connectivity index (χ3v) is 10.5.